The molecular weight excluding hydrogens is 282 g/mol. The van der Waals surface area contributed by atoms with Crippen molar-refractivity contribution in [3.8, 4) is 5.69 Å². The fourth-order valence-corrected chi connectivity index (χ4v) is 2.06. The zero-order valence-electron chi connectivity index (χ0n) is 12.2. The van der Waals surface area contributed by atoms with E-state index in [1.54, 1.807) is 23.1 Å². The third-order valence-corrected chi connectivity index (χ3v) is 3.14. The first kappa shape index (κ1) is 14.0. The highest BCUT2D eigenvalue weighted by Crippen LogP contribution is 2.20. The minimum atomic E-state index is -0.286. The average Bonchev–Trinajstić information content (AvgIpc) is 3.19. The van der Waals surface area contributed by atoms with Crippen molar-refractivity contribution >= 4 is 11.6 Å². The van der Waals surface area contributed by atoms with E-state index in [0.717, 1.165) is 5.69 Å². The molecule has 0 fully saturated rings. The van der Waals surface area contributed by atoms with Crippen molar-refractivity contribution in [3.05, 3.63) is 54.8 Å². The van der Waals surface area contributed by atoms with Crippen LogP contribution in [-0.4, -0.2) is 25.7 Å². The highest BCUT2D eigenvalue weighted by Gasteiger charge is 2.19. The highest BCUT2D eigenvalue weighted by molar-refractivity contribution is 6.03. The quantitative estimate of drug-likeness (QED) is 0.800. The molecule has 2 aromatic heterocycles. The van der Waals surface area contributed by atoms with Crippen LogP contribution in [-0.2, 0) is 0 Å². The first-order valence-corrected chi connectivity index (χ1v) is 6.85. The summed E-state index contributed by atoms with van der Waals surface area (Å²) in [5.41, 5.74) is 1.85. The Labute approximate surface area is 127 Å². The number of carbonyl (C=O) groups excluding carboxylic acids is 1. The standard InChI is InChI=1S/C15H15N5O2/c1-10(2)14-13(17-9-22-14)15(21)19-11-3-5-12(6-4-11)20-8-16-7-18-20/h3-10H,1-2H3,(H,19,21). The van der Waals surface area contributed by atoms with Crippen molar-refractivity contribution in [1.29, 1.82) is 0 Å². The second-order valence-electron chi connectivity index (χ2n) is 5.06. The first-order chi connectivity index (χ1) is 10.6. The minimum Gasteiger partial charge on any atom is -0.447 e. The van der Waals surface area contributed by atoms with Gasteiger partial charge in [-0.3, -0.25) is 4.79 Å². The largest absolute Gasteiger partial charge is 0.447 e. The van der Waals surface area contributed by atoms with Gasteiger partial charge in [-0.1, -0.05) is 13.8 Å². The Hall–Kier alpha value is -2.96. The Morgan fingerprint density at radius 3 is 2.68 bits per heavy atom. The number of rotatable bonds is 4. The smallest absolute Gasteiger partial charge is 0.277 e. The number of nitrogens with zero attached hydrogens (tertiary/aromatic N) is 4. The van der Waals surface area contributed by atoms with Crippen molar-refractivity contribution < 1.29 is 9.21 Å². The average molecular weight is 297 g/mol. The summed E-state index contributed by atoms with van der Waals surface area (Å²) in [6, 6.07) is 7.28. The molecule has 0 aliphatic carbocycles. The number of aromatic nitrogens is 4. The molecule has 3 rings (SSSR count). The van der Waals surface area contributed by atoms with Crippen LogP contribution in [0, 0.1) is 0 Å². The van der Waals surface area contributed by atoms with Gasteiger partial charge < -0.3 is 9.73 Å². The molecule has 2 heterocycles. The number of benzene rings is 1. The normalized spacial score (nSPS) is 10.9. The molecule has 0 spiro atoms. The van der Waals surface area contributed by atoms with Crippen molar-refractivity contribution in [1.82, 2.24) is 19.7 Å². The first-order valence-electron chi connectivity index (χ1n) is 6.85. The Morgan fingerprint density at radius 2 is 2.05 bits per heavy atom. The molecular formula is C15H15N5O2. The Kier molecular flexibility index (Phi) is 3.69. The van der Waals surface area contributed by atoms with Crippen molar-refractivity contribution in [2.24, 2.45) is 0 Å². The zero-order valence-corrected chi connectivity index (χ0v) is 12.2. The lowest BCUT2D eigenvalue weighted by atomic mass is 10.1. The molecule has 1 N–H and O–H groups in total. The molecule has 1 amide bonds. The van der Waals surface area contributed by atoms with Gasteiger partial charge in [0.05, 0.1) is 5.69 Å². The predicted octanol–water partition coefficient (Wildman–Crippen LogP) is 2.63. The Morgan fingerprint density at radius 1 is 1.27 bits per heavy atom. The molecule has 7 nitrogen and oxygen atoms in total. The summed E-state index contributed by atoms with van der Waals surface area (Å²) < 4.78 is 6.90. The molecule has 0 atom stereocenters. The third-order valence-electron chi connectivity index (χ3n) is 3.14. The van der Waals surface area contributed by atoms with E-state index >= 15 is 0 Å². The van der Waals surface area contributed by atoms with E-state index in [1.165, 1.54) is 12.7 Å². The summed E-state index contributed by atoms with van der Waals surface area (Å²) in [5.74, 6) is 0.389. The molecule has 0 saturated heterocycles. The monoisotopic (exact) mass is 297 g/mol. The number of hydrogen-bond donors (Lipinski definition) is 1. The van der Waals surface area contributed by atoms with Gasteiger partial charge in [0.1, 0.15) is 18.4 Å². The summed E-state index contributed by atoms with van der Waals surface area (Å²) in [4.78, 5) is 20.1. The summed E-state index contributed by atoms with van der Waals surface area (Å²) in [5, 5.41) is 6.85. The molecule has 1 aromatic carbocycles. The third kappa shape index (κ3) is 2.73. The maximum absolute atomic E-state index is 12.3. The molecule has 0 bridgehead atoms. The van der Waals surface area contributed by atoms with Crippen LogP contribution in [0.15, 0.2) is 47.7 Å². The highest BCUT2D eigenvalue weighted by atomic mass is 16.3. The van der Waals surface area contributed by atoms with Gasteiger partial charge in [-0.15, -0.1) is 0 Å². The fraction of sp³-hybridized carbons (Fsp3) is 0.200. The van der Waals surface area contributed by atoms with Crippen LogP contribution in [0.3, 0.4) is 0 Å². The van der Waals surface area contributed by atoms with E-state index in [4.69, 9.17) is 4.42 Å². The van der Waals surface area contributed by atoms with E-state index in [9.17, 15) is 4.79 Å². The molecule has 0 unspecified atom stereocenters. The zero-order chi connectivity index (χ0) is 15.5. The van der Waals surface area contributed by atoms with Crippen LogP contribution >= 0.6 is 0 Å². The van der Waals surface area contributed by atoms with Crippen molar-refractivity contribution in [3.63, 3.8) is 0 Å². The number of anilines is 1. The Balaban J connectivity index is 1.75. The van der Waals surface area contributed by atoms with Crippen molar-refractivity contribution in [2.45, 2.75) is 19.8 Å². The van der Waals surface area contributed by atoms with Gasteiger partial charge in [0, 0.05) is 11.6 Å². The van der Waals surface area contributed by atoms with E-state index < -0.39 is 0 Å². The molecule has 7 heteroatoms. The second-order valence-corrected chi connectivity index (χ2v) is 5.06. The van der Waals surface area contributed by atoms with Gasteiger partial charge in [-0.05, 0) is 24.3 Å². The number of carbonyl (C=O) groups is 1. The van der Waals surface area contributed by atoms with E-state index in [-0.39, 0.29) is 11.8 Å². The van der Waals surface area contributed by atoms with Gasteiger partial charge >= 0.3 is 0 Å². The lowest BCUT2D eigenvalue weighted by molar-refractivity contribution is 0.102. The number of hydrogen-bond acceptors (Lipinski definition) is 5. The van der Waals surface area contributed by atoms with Crippen LogP contribution in [0.4, 0.5) is 5.69 Å². The molecule has 0 radical (unpaired) electrons. The van der Waals surface area contributed by atoms with E-state index in [0.29, 0.717) is 17.1 Å². The second kappa shape index (κ2) is 5.80. The lowest BCUT2D eigenvalue weighted by Crippen LogP contribution is -2.14. The lowest BCUT2D eigenvalue weighted by Gasteiger charge is -2.07. The van der Waals surface area contributed by atoms with Gasteiger partial charge in [-0.2, -0.15) is 5.10 Å². The number of oxazole rings is 1. The SMILES string of the molecule is CC(C)c1ocnc1C(=O)Nc1ccc(-n2cncn2)cc1. The maximum atomic E-state index is 12.3. The topological polar surface area (TPSA) is 85.8 Å². The van der Waals surface area contributed by atoms with Gasteiger partial charge in [-0.25, -0.2) is 14.6 Å². The summed E-state index contributed by atoms with van der Waals surface area (Å²) in [6.45, 7) is 3.90. The van der Waals surface area contributed by atoms with Crippen molar-refractivity contribution in [2.75, 3.05) is 5.32 Å². The fourth-order valence-electron chi connectivity index (χ4n) is 2.06. The summed E-state index contributed by atoms with van der Waals surface area (Å²) in [7, 11) is 0. The van der Waals surface area contributed by atoms with Gasteiger partial charge in [0.25, 0.3) is 5.91 Å². The van der Waals surface area contributed by atoms with Crippen LogP contribution < -0.4 is 5.32 Å². The van der Waals surface area contributed by atoms with Crippen LogP contribution in [0.1, 0.15) is 36.0 Å². The maximum Gasteiger partial charge on any atom is 0.277 e. The summed E-state index contributed by atoms with van der Waals surface area (Å²) in [6.07, 6.45) is 4.36. The molecule has 0 aliphatic heterocycles. The van der Waals surface area contributed by atoms with Gasteiger partial charge in [0.2, 0.25) is 0 Å². The van der Waals surface area contributed by atoms with E-state index in [1.807, 2.05) is 26.0 Å². The van der Waals surface area contributed by atoms with E-state index in [2.05, 4.69) is 20.4 Å². The molecule has 0 saturated carbocycles. The Bertz CT molecular complexity index is 760. The minimum absolute atomic E-state index is 0.0953. The van der Waals surface area contributed by atoms with Crippen LogP contribution in [0.25, 0.3) is 5.69 Å². The number of amides is 1. The van der Waals surface area contributed by atoms with Crippen LogP contribution in [0.5, 0.6) is 0 Å². The number of nitrogens with one attached hydrogen (secondary N) is 1. The molecule has 3 aromatic rings. The molecule has 22 heavy (non-hydrogen) atoms. The predicted molar refractivity (Wildman–Crippen MR) is 79.9 cm³/mol. The molecule has 112 valence electrons. The van der Waals surface area contributed by atoms with Gasteiger partial charge in [0.15, 0.2) is 12.1 Å². The van der Waals surface area contributed by atoms with Crippen LogP contribution in [0.2, 0.25) is 0 Å². The summed E-state index contributed by atoms with van der Waals surface area (Å²) >= 11 is 0. The molecule has 0 aliphatic rings.